The Morgan fingerprint density at radius 1 is 1.11 bits per heavy atom. The number of sulfonamides is 1. The maximum absolute atomic E-state index is 13.0. The molecule has 27 heavy (non-hydrogen) atoms. The molecule has 10 heteroatoms. The summed E-state index contributed by atoms with van der Waals surface area (Å²) in [7, 11) is -3.53. The van der Waals surface area contributed by atoms with Gasteiger partial charge in [-0.05, 0) is 26.0 Å². The van der Waals surface area contributed by atoms with Gasteiger partial charge in [-0.2, -0.15) is 4.31 Å². The number of piperazine rings is 1. The summed E-state index contributed by atoms with van der Waals surface area (Å²) in [6.07, 6.45) is 4.96. The van der Waals surface area contributed by atoms with E-state index in [1.165, 1.54) is 15.6 Å². The van der Waals surface area contributed by atoms with Gasteiger partial charge in [0.1, 0.15) is 15.8 Å². The third-order valence-electron chi connectivity index (χ3n) is 4.57. The van der Waals surface area contributed by atoms with Crippen molar-refractivity contribution in [3.63, 3.8) is 0 Å². The van der Waals surface area contributed by atoms with E-state index in [4.69, 9.17) is 4.52 Å². The van der Waals surface area contributed by atoms with Crippen LogP contribution in [0, 0.1) is 13.8 Å². The molecule has 3 aromatic rings. The molecule has 0 spiro atoms. The molecule has 0 saturated carbocycles. The zero-order valence-electron chi connectivity index (χ0n) is 15.0. The minimum atomic E-state index is -3.53. The molecule has 0 amide bonds. The third-order valence-corrected chi connectivity index (χ3v) is 8.04. The summed E-state index contributed by atoms with van der Waals surface area (Å²) in [6, 6.07) is 3.48. The Labute approximate surface area is 161 Å². The van der Waals surface area contributed by atoms with Crippen molar-refractivity contribution in [2.45, 2.75) is 18.1 Å². The summed E-state index contributed by atoms with van der Waals surface area (Å²) >= 11 is 1.25. The van der Waals surface area contributed by atoms with Gasteiger partial charge in [0.15, 0.2) is 0 Å². The van der Waals surface area contributed by atoms with Crippen LogP contribution in [0.25, 0.3) is 10.4 Å². The predicted octanol–water partition coefficient (Wildman–Crippen LogP) is 2.32. The molecule has 0 radical (unpaired) electrons. The lowest BCUT2D eigenvalue weighted by atomic mass is 10.2. The van der Waals surface area contributed by atoms with Gasteiger partial charge in [0.05, 0.1) is 17.5 Å². The second kappa shape index (κ2) is 7.02. The zero-order chi connectivity index (χ0) is 19.0. The van der Waals surface area contributed by atoms with Crippen molar-refractivity contribution in [2.75, 3.05) is 31.1 Å². The van der Waals surface area contributed by atoms with Crippen LogP contribution in [0.1, 0.15) is 11.5 Å². The zero-order valence-corrected chi connectivity index (χ0v) is 16.6. The van der Waals surface area contributed by atoms with E-state index in [-0.39, 0.29) is 0 Å². The van der Waals surface area contributed by atoms with Crippen LogP contribution in [-0.2, 0) is 10.0 Å². The number of thiophene rings is 1. The van der Waals surface area contributed by atoms with Gasteiger partial charge in [0.25, 0.3) is 10.0 Å². The molecule has 142 valence electrons. The first-order valence-electron chi connectivity index (χ1n) is 8.51. The highest BCUT2D eigenvalue weighted by molar-refractivity contribution is 7.91. The molecule has 0 atom stereocenters. The monoisotopic (exact) mass is 405 g/mol. The van der Waals surface area contributed by atoms with Crippen molar-refractivity contribution in [1.82, 2.24) is 19.4 Å². The molecule has 1 aliphatic rings. The Bertz CT molecular complexity index is 1020. The largest absolute Gasteiger partial charge is 0.361 e. The number of rotatable bonds is 4. The molecule has 0 aliphatic carbocycles. The number of aryl methyl sites for hydroxylation is 2. The Morgan fingerprint density at radius 3 is 2.52 bits per heavy atom. The molecule has 4 heterocycles. The van der Waals surface area contributed by atoms with Gasteiger partial charge in [-0.1, -0.05) is 5.16 Å². The molecule has 0 bridgehead atoms. The number of hydrogen-bond donors (Lipinski definition) is 0. The maximum Gasteiger partial charge on any atom is 0.252 e. The van der Waals surface area contributed by atoms with Gasteiger partial charge < -0.3 is 9.42 Å². The van der Waals surface area contributed by atoms with Crippen LogP contribution in [0.3, 0.4) is 0 Å². The van der Waals surface area contributed by atoms with E-state index in [1.54, 1.807) is 24.7 Å². The van der Waals surface area contributed by atoms with E-state index in [0.717, 1.165) is 22.0 Å². The molecule has 1 aliphatic heterocycles. The summed E-state index contributed by atoms with van der Waals surface area (Å²) in [6.45, 7) is 5.68. The lowest BCUT2D eigenvalue weighted by molar-refractivity contribution is 0.384. The topological polar surface area (TPSA) is 92.4 Å². The number of anilines is 1. The lowest BCUT2D eigenvalue weighted by Gasteiger charge is -2.34. The number of hydrogen-bond acceptors (Lipinski definition) is 8. The third kappa shape index (κ3) is 3.35. The highest BCUT2D eigenvalue weighted by Gasteiger charge is 2.30. The highest BCUT2D eigenvalue weighted by Crippen LogP contribution is 2.36. The van der Waals surface area contributed by atoms with Crippen molar-refractivity contribution >= 4 is 27.2 Å². The van der Waals surface area contributed by atoms with E-state index < -0.39 is 10.0 Å². The molecule has 4 rings (SSSR count). The van der Waals surface area contributed by atoms with E-state index in [2.05, 4.69) is 15.1 Å². The predicted molar refractivity (Wildman–Crippen MR) is 102 cm³/mol. The van der Waals surface area contributed by atoms with Gasteiger partial charge in [0, 0.05) is 43.4 Å². The average Bonchev–Trinajstić information content (AvgIpc) is 3.29. The molecule has 1 fully saturated rings. The number of aromatic nitrogens is 3. The van der Waals surface area contributed by atoms with Crippen LogP contribution in [0.15, 0.2) is 39.5 Å². The van der Waals surface area contributed by atoms with Crippen LogP contribution in [0.4, 0.5) is 5.82 Å². The summed E-state index contributed by atoms with van der Waals surface area (Å²) in [5.41, 5.74) is 1.63. The van der Waals surface area contributed by atoms with E-state index >= 15 is 0 Å². The van der Waals surface area contributed by atoms with Crippen molar-refractivity contribution < 1.29 is 12.9 Å². The Kier molecular flexibility index (Phi) is 4.70. The lowest BCUT2D eigenvalue weighted by Crippen LogP contribution is -2.48. The van der Waals surface area contributed by atoms with Crippen LogP contribution in [0.2, 0.25) is 0 Å². The van der Waals surface area contributed by atoms with E-state index in [9.17, 15) is 8.42 Å². The summed E-state index contributed by atoms with van der Waals surface area (Å²) in [5.74, 6) is 1.46. The molecule has 8 nitrogen and oxygen atoms in total. The minimum absolute atomic E-state index is 0.338. The van der Waals surface area contributed by atoms with Crippen LogP contribution < -0.4 is 4.90 Å². The van der Waals surface area contributed by atoms with E-state index in [0.29, 0.717) is 36.1 Å². The molecular weight excluding hydrogens is 386 g/mol. The van der Waals surface area contributed by atoms with E-state index in [1.807, 2.05) is 24.8 Å². The second-order valence-corrected chi connectivity index (χ2v) is 9.52. The summed E-state index contributed by atoms with van der Waals surface area (Å²) in [4.78, 5) is 11.2. The molecular formula is C17H19N5O3S2. The van der Waals surface area contributed by atoms with Crippen molar-refractivity contribution in [3.8, 4) is 10.4 Å². The molecule has 0 unspecified atom stereocenters. The standard InChI is InChI=1S/C17H19N5O3S2/c1-12-17(13(2)25-20-12)14-3-4-16(26-14)27(23,24)22-9-7-21(8-10-22)15-11-18-5-6-19-15/h3-6,11H,7-10H2,1-2H3. The fourth-order valence-electron chi connectivity index (χ4n) is 3.17. The van der Waals surface area contributed by atoms with Gasteiger partial charge in [-0.15, -0.1) is 11.3 Å². The highest BCUT2D eigenvalue weighted by atomic mass is 32.2. The summed E-state index contributed by atoms with van der Waals surface area (Å²) < 4.78 is 33.1. The van der Waals surface area contributed by atoms with Crippen LogP contribution in [-0.4, -0.2) is 54.0 Å². The Hall–Kier alpha value is -2.30. The fraction of sp³-hybridized carbons (Fsp3) is 0.353. The maximum atomic E-state index is 13.0. The van der Waals surface area contributed by atoms with Crippen molar-refractivity contribution in [1.29, 1.82) is 0 Å². The normalized spacial score (nSPS) is 16.0. The van der Waals surface area contributed by atoms with Crippen molar-refractivity contribution in [2.24, 2.45) is 0 Å². The quantitative estimate of drug-likeness (QED) is 0.658. The fourth-order valence-corrected chi connectivity index (χ4v) is 6.19. The SMILES string of the molecule is Cc1noc(C)c1-c1ccc(S(=O)(=O)N2CCN(c3cnccn3)CC2)s1. The van der Waals surface area contributed by atoms with Crippen LogP contribution >= 0.6 is 11.3 Å². The first kappa shape index (κ1) is 18.1. The molecule has 0 aromatic carbocycles. The Balaban J connectivity index is 1.52. The molecule has 0 N–H and O–H groups in total. The van der Waals surface area contributed by atoms with Gasteiger partial charge in [0.2, 0.25) is 0 Å². The second-order valence-electron chi connectivity index (χ2n) is 6.27. The Morgan fingerprint density at radius 2 is 1.89 bits per heavy atom. The average molecular weight is 406 g/mol. The van der Waals surface area contributed by atoms with Crippen LogP contribution in [0.5, 0.6) is 0 Å². The smallest absolute Gasteiger partial charge is 0.252 e. The first-order valence-corrected chi connectivity index (χ1v) is 10.8. The van der Waals surface area contributed by atoms with Gasteiger partial charge in [-0.25, -0.2) is 13.4 Å². The summed E-state index contributed by atoms with van der Waals surface area (Å²) in [5, 5.41) is 3.95. The van der Waals surface area contributed by atoms with Gasteiger partial charge in [-0.3, -0.25) is 4.98 Å². The first-order chi connectivity index (χ1) is 13.0. The van der Waals surface area contributed by atoms with Gasteiger partial charge >= 0.3 is 0 Å². The molecule has 1 saturated heterocycles. The van der Waals surface area contributed by atoms with Crippen molar-refractivity contribution in [3.05, 3.63) is 42.2 Å². The number of nitrogens with zero attached hydrogens (tertiary/aromatic N) is 5. The molecule has 3 aromatic heterocycles. The minimum Gasteiger partial charge on any atom is -0.361 e.